The molecule has 0 saturated heterocycles. The fourth-order valence-corrected chi connectivity index (χ4v) is 7.39. The van der Waals surface area contributed by atoms with Crippen LogP contribution in [0.5, 0.6) is 0 Å². The zero-order valence-corrected chi connectivity index (χ0v) is 28.6. The van der Waals surface area contributed by atoms with Crippen molar-refractivity contribution in [1.29, 1.82) is 0 Å². The highest BCUT2D eigenvalue weighted by atomic mass is 16.1. The molecular weight excluding hydrogens is 637 g/mol. The number of hydrogen-bond donors (Lipinski definition) is 2. The van der Waals surface area contributed by atoms with Crippen molar-refractivity contribution < 1.29 is 4.79 Å². The first-order chi connectivity index (χ1) is 25.6. The molecule has 7 aromatic rings. The number of Topliss-reactive ketones (excluding diaryl/α,β-unsaturated/α-hetero) is 1. The number of fused-ring (bicyclic) bond motifs is 8. The highest BCUT2D eigenvalue weighted by Crippen LogP contribution is 2.39. The Balaban J connectivity index is 1.52. The van der Waals surface area contributed by atoms with E-state index in [0.717, 1.165) is 94.9 Å². The second-order valence-electron chi connectivity index (χ2n) is 13.1. The highest BCUT2D eigenvalue weighted by Gasteiger charge is 2.20. The van der Waals surface area contributed by atoms with E-state index < -0.39 is 0 Å². The van der Waals surface area contributed by atoms with Gasteiger partial charge in [-0.15, -0.1) is 0 Å². The Labute approximate surface area is 301 Å². The Morgan fingerprint density at radius 2 is 0.827 bits per heavy atom. The molecule has 2 aliphatic heterocycles. The molecule has 3 aromatic heterocycles. The summed E-state index contributed by atoms with van der Waals surface area (Å²) >= 11 is 0. The van der Waals surface area contributed by atoms with Crippen molar-refractivity contribution in [3.05, 3.63) is 168 Å². The maximum Gasteiger partial charge on any atom is 0.134 e. The number of aromatic nitrogens is 4. The van der Waals surface area contributed by atoms with Gasteiger partial charge in [0, 0.05) is 45.2 Å². The van der Waals surface area contributed by atoms with Crippen LogP contribution in [0.4, 0.5) is 0 Å². The second-order valence-corrected chi connectivity index (χ2v) is 13.1. The predicted molar refractivity (Wildman–Crippen MR) is 215 cm³/mol. The molecule has 0 fully saturated rings. The van der Waals surface area contributed by atoms with E-state index in [1.807, 2.05) is 48.5 Å². The number of rotatable bonds is 6. The smallest absolute Gasteiger partial charge is 0.134 e. The number of benzene rings is 4. The van der Waals surface area contributed by atoms with E-state index in [1.54, 1.807) is 6.92 Å². The number of nitrogens with zero attached hydrogens (tertiary/aromatic N) is 2. The lowest BCUT2D eigenvalue weighted by Gasteiger charge is -2.07. The summed E-state index contributed by atoms with van der Waals surface area (Å²) in [5, 5.41) is 0. The van der Waals surface area contributed by atoms with E-state index in [-0.39, 0.29) is 12.2 Å². The Bertz CT molecular complexity index is 2700. The number of carbonyl (C=O) groups excluding carboxylic acids is 1. The first-order valence-corrected chi connectivity index (χ1v) is 17.5. The van der Waals surface area contributed by atoms with E-state index in [0.29, 0.717) is 0 Å². The van der Waals surface area contributed by atoms with Crippen molar-refractivity contribution in [1.82, 2.24) is 19.9 Å². The molecule has 0 atom stereocenters. The summed E-state index contributed by atoms with van der Waals surface area (Å²) in [4.78, 5) is 31.3. The lowest BCUT2D eigenvalue weighted by molar-refractivity contribution is -0.116. The fraction of sp³-hybridized carbons (Fsp3) is 0.0426. The van der Waals surface area contributed by atoms with Crippen LogP contribution in [0.1, 0.15) is 35.3 Å². The van der Waals surface area contributed by atoms with Gasteiger partial charge in [0.25, 0.3) is 0 Å². The zero-order valence-electron chi connectivity index (χ0n) is 28.6. The minimum atomic E-state index is 0.0837. The molecule has 2 N–H and O–H groups in total. The molecule has 0 spiro atoms. The average molecular weight is 671 g/mol. The molecule has 2 aliphatic rings. The minimum absolute atomic E-state index is 0.0837. The Morgan fingerprint density at radius 3 is 1.23 bits per heavy atom. The molecule has 0 aliphatic carbocycles. The number of ketones is 1. The molecule has 0 radical (unpaired) electrons. The molecule has 5 heteroatoms. The van der Waals surface area contributed by atoms with Gasteiger partial charge in [-0.05, 0) is 77.2 Å². The van der Waals surface area contributed by atoms with Crippen LogP contribution >= 0.6 is 0 Å². The monoisotopic (exact) mass is 670 g/mol. The van der Waals surface area contributed by atoms with Crippen molar-refractivity contribution in [2.24, 2.45) is 0 Å². The van der Waals surface area contributed by atoms with Crippen LogP contribution in [0.25, 0.3) is 90.9 Å². The Morgan fingerprint density at radius 1 is 0.462 bits per heavy atom. The molecule has 8 bridgehead atoms. The highest BCUT2D eigenvalue weighted by molar-refractivity contribution is 6.01. The summed E-state index contributed by atoms with van der Waals surface area (Å²) in [6, 6.07) is 47.9. The molecule has 248 valence electrons. The van der Waals surface area contributed by atoms with Gasteiger partial charge in [-0.3, -0.25) is 4.79 Å². The standard InChI is InChI=1S/C47H34N4O/c1-30(52)28-35-29-42-45(33-18-10-4-11-19-33)40-25-24-38(49-40)43(31-14-6-2-7-15-31)36-22-23-37(48-36)44(32-16-8-3-9-17-32)39-26-27-41(50-39)46(47(35)51-42)34-20-12-5-13-21-34/h2-27,29,48,51H,28H2,1H3. The molecule has 5 heterocycles. The van der Waals surface area contributed by atoms with Crippen LogP contribution in [0.3, 0.4) is 0 Å². The number of H-pyrrole nitrogens is 2. The van der Waals surface area contributed by atoms with Crippen LogP contribution < -0.4 is 0 Å². The Hall–Kier alpha value is -6.85. The van der Waals surface area contributed by atoms with Crippen molar-refractivity contribution >= 4 is 52.2 Å². The van der Waals surface area contributed by atoms with E-state index in [4.69, 9.17) is 9.97 Å². The fourth-order valence-electron chi connectivity index (χ4n) is 7.39. The predicted octanol–water partition coefficient (Wildman–Crippen LogP) is 11.5. The van der Waals surface area contributed by atoms with Crippen LogP contribution in [0, 0.1) is 0 Å². The van der Waals surface area contributed by atoms with Gasteiger partial charge in [0.2, 0.25) is 0 Å². The third-order valence-electron chi connectivity index (χ3n) is 9.64. The second kappa shape index (κ2) is 13.1. The van der Waals surface area contributed by atoms with E-state index in [2.05, 4.69) is 125 Å². The van der Waals surface area contributed by atoms with Gasteiger partial charge < -0.3 is 9.97 Å². The van der Waals surface area contributed by atoms with Crippen LogP contribution in [-0.2, 0) is 11.2 Å². The van der Waals surface area contributed by atoms with E-state index in [1.165, 1.54) is 0 Å². The number of carbonyl (C=O) groups is 1. The summed E-state index contributed by atoms with van der Waals surface area (Å²) < 4.78 is 0. The van der Waals surface area contributed by atoms with E-state index >= 15 is 0 Å². The topological polar surface area (TPSA) is 74.4 Å². The number of nitrogens with one attached hydrogen (secondary N) is 2. The third-order valence-corrected chi connectivity index (χ3v) is 9.64. The molecule has 52 heavy (non-hydrogen) atoms. The van der Waals surface area contributed by atoms with Crippen molar-refractivity contribution in [2.45, 2.75) is 13.3 Å². The quantitative estimate of drug-likeness (QED) is 0.185. The van der Waals surface area contributed by atoms with Gasteiger partial charge in [-0.1, -0.05) is 121 Å². The summed E-state index contributed by atoms with van der Waals surface area (Å²) in [5.74, 6) is 0.0837. The Kier molecular flexibility index (Phi) is 7.86. The van der Waals surface area contributed by atoms with E-state index in [9.17, 15) is 4.79 Å². The maximum absolute atomic E-state index is 12.9. The van der Waals surface area contributed by atoms with Gasteiger partial charge in [0.1, 0.15) is 5.78 Å². The van der Waals surface area contributed by atoms with Gasteiger partial charge in [0.05, 0.1) is 28.3 Å². The summed E-state index contributed by atoms with van der Waals surface area (Å²) in [6.07, 6.45) is 8.67. The number of aromatic amines is 2. The molecular formula is C47H34N4O. The molecule has 0 amide bonds. The first-order valence-electron chi connectivity index (χ1n) is 17.5. The van der Waals surface area contributed by atoms with Gasteiger partial charge in [0.15, 0.2) is 0 Å². The van der Waals surface area contributed by atoms with Crippen LogP contribution in [-0.4, -0.2) is 25.7 Å². The summed E-state index contributed by atoms with van der Waals surface area (Å²) in [6.45, 7) is 1.65. The summed E-state index contributed by atoms with van der Waals surface area (Å²) in [7, 11) is 0. The van der Waals surface area contributed by atoms with Crippen LogP contribution in [0.15, 0.2) is 140 Å². The number of hydrogen-bond acceptors (Lipinski definition) is 3. The largest absolute Gasteiger partial charge is 0.354 e. The molecule has 0 unspecified atom stereocenters. The average Bonchev–Trinajstić information content (AvgIpc) is 4.01. The van der Waals surface area contributed by atoms with Crippen LogP contribution in [0.2, 0.25) is 0 Å². The lowest BCUT2D eigenvalue weighted by Crippen LogP contribution is -1.96. The SMILES string of the molecule is CC(=O)Cc1cc2[nH]c1c(-c1ccccc1)c1nc(c(-c3ccccc3)c3ccc([nH]3)c(-c3ccccc3)c3nc(c2-c2ccccc2)C=C3)C=C1. The normalized spacial score (nSPS) is 11.9. The molecule has 9 rings (SSSR count). The van der Waals surface area contributed by atoms with Gasteiger partial charge in [-0.25, -0.2) is 9.97 Å². The molecule has 4 aromatic carbocycles. The summed E-state index contributed by atoms with van der Waals surface area (Å²) in [5.41, 5.74) is 16.0. The minimum Gasteiger partial charge on any atom is -0.354 e. The maximum atomic E-state index is 12.9. The first kappa shape index (κ1) is 31.2. The zero-order chi connectivity index (χ0) is 35.0. The van der Waals surface area contributed by atoms with Crippen molar-refractivity contribution in [3.8, 4) is 44.5 Å². The van der Waals surface area contributed by atoms with Crippen molar-refractivity contribution in [3.63, 3.8) is 0 Å². The van der Waals surface area contributed by atoms with Crippen molar-refractivity contribution in [2.75, 3.05) is 0 Å². The molecule has 5 nitrogen and oxygen atoms in total. The van der Waals surface area contributed by atoms with Gasteiger partial charge >= 0.3 is 0 Å². The third kappa shape index (κ3) is 5.68. The van der Waals surface area contributed by atoms with Gasteiger partial charge in [-0.2, -0.15) is 0 Å². The lowest BCUT2D eigenvalue weighted by atomic mass is 10.00. The molecule has 0 saturated carbocycles.